The van der Waals surface area contributed by atoms with Crippen molar-refractivity contribution in [2.45, 2.75) is 0 Å². The number of anilines is 1. The summed E-state index contributed by atoms with van der Waals surface area (Å²) in [5.74, 6) is 2.07. The number of ether oxygens (including phenoxy) is 3. The van der Waals surface area contributed by atoms with Crippen molar-refractivity contribution in [1.82, 2.24) is 5.32 Å². The SMILES string of the molecule is CNCCNc1cc(OC)c(OC)cc1OC. The van der Waals surface area contributed by atoms with Gasteiger partial charge in [0.1, 0.15) is 5.75 Å². The van der Waals surface area contributed by atoms with Gasteiger partial charge >= 0.3 is 0 Å². The molecular formula is C12H20N2O3. The molecule has 96 valence electrons. The van der Waals surface area contributed by atoms with E-state index in [1.54, 1.807) is 27.4 Å². The minimum Gasteiger partial charge on any atom is -0.494 e. The minimum absolute atomic E-state index is 0.656. The van der Waals surface area contributed by atoms with Gasteiger partial charge in [0.15, 0.2) is 11.5 Å². The predicted molar refractivity (Wildman–Crippen MR) is 68.5 cm³/mol. The molecule has 0 radical (unpaired) electrons. The third-order valence-corrected chi connectivity index (χ3v) is 2.40. The van der Waals surface area contributed by atoms with Gasteiger partial charge in [-0.1, -0.05) is 0 Å². The number of hydrogen-bond acceptors (Lipinski definition) is 5. The Morgan fingerprint density at radius 1 is 0.882 bits per heavy atom. The summed E-state index contributed by atoms with van der Waals surface area (Å²) < 4.78 is 15.8. The van der Waals surface area contributed by atoms with E-state index in [0.717, 1.165) is 24.5 Å². The van der Waals surface area contributed by atoms with Crippen molar-refractivity contribution in [2.24, 2.45) is 0 Å². The molecule has 1 aromatic carbocycles. The molecule has 0 aromatic heterocycles. The van der Waals surface area contributed by atoms with Gasteiger partial charge < -0.3 is 24.8 Å². The fourth-order valence-corrected chi connectivity index (χ4v) is 1.49. The molecule has 17 heavy (non-hydrogen) atoms. The lowest BCUT2D eigenvalue weighted by molar-refractivity contribution is 0.349. The molecule has 0 aliphatic carbocycles. The van der Waals surface area contributed by atoms with Gasteiger partial charge in [0.05, 0.1) is 27.0 Å². The Kier molecular flexibility index (Phi) is 5.42. The summed E-state index contributed by atoms with van der Waals surface area (Å²) in [7, 11) is 6.76. The molecule has 0 amide bonds. The van der Waals surface area contributed by atoms with Crippen LogP contribution in [0.2, 0.25) is 0 Å². The quantitative estimate of drug-likeness (QED) is 0.704. The van der Waals surface area contributed by atoms with Gasteiger partial charge in [-0.2, -0.15) is 0 Å². The van der Waals surface area contributed by atoms with Gasteiger partial charge in [0.2, 0.25) is 0 Å². The second-order valence-electron chi connectivity index (χ2n) is 3.44. The highest BCUT2D eigenvalue weighted by atomic mass is 16.5. The second-order valence-corrected chi connectivity index (χ2v) is 3.44. The fraction of sp³-hybridized carbons (Fsp3) is 0.500. The molecule has 0 saturated carbocycles. The molecule has 0 aliphatic heterocycles. The Balaban J connectivity index is 2.93. The second kappa shape index (κ2) is 6.85. The van der Waals surface area contributed by atoms with E-state index in [9.17, 15) is 0 Å². The first-order chi connectivity index (χ1) is 8.26. The number of benzene rings is 1. The van der Waals surface area contributed by atoms with Crippen LogP contribution in [0, 0.1) is 0 Å². The van der Waals surface area contributed by atoms with Gasteiger partial charge in [0.25, 0.3) is 0 Å². The van der Waals surface area contributed by atoms with Crippen LogP contribution >= 0.6 is 0 Å². The summed E-state index contributed by atoms with van der Waals surface area (Å²) in [4.78, 5) is 0. The van der Waals surface area contributed by atoms with Crippen LogP contribution in [0.15, 0.2) is 12.1 Å². The molecule has 5 heteroatoms. The molecule has 1 rings (SSSR count). The smallest absolute Gasteiger partial charge is 0.164 e. The van der Waals surface area contributed by atoms with Gasteiger partial charge in [-0.15, -0.1) is 0 Å². The number of methoxy groups -OCH3 is 3. The lowest BCUT2D eigenvalue weighted by atomic mass is 10.2. The largest absolute Gasteiger partial charge is 0.494 e. The van der Waals surface area contributed by atoms with Crippen LogP contribution in [-0.4, -0.2) is 41.5 Å². The van der Waals surface area contributed by atoms with E-state index in [0.29, 0.717) is 11.5 Å². The monoisotopic (exact) mass is 240 g/mol. The molecule has 2 N–H and O–H groups in total. The van der Waals surface area contributed by atoms with Gasteiger partial charge in [-0.25, -0.2) is 0 Å². The lowest BCUT2D eigenvalue weighted by Crippen LogP contribution is -2.18. The molecule has 5 nitrogen and oxygen atoms in total. The van der Waals surface area contributed by atoms with Gasteiger partial charge in [-0.05, 0) is 7.05 Å². The van der Waals surface area contributed by atoms with Gasteiger partial charge in [-0.3, -0.25) is 0 Å². The Morgan fingerprint density at radius 3 is 2.00 bits per heavy atom. The topological polar surface area (TPSA) is 51.8 Å². The maximum absolute atomic E-state index is 5.30. The zero-order valence-corrected chi connectivity index (χ0v) is 10.8. The summed E-state index contributed by atoms with van der Waals surface area (Å²) >= 11 is 0. The summed E-state index contributed by atoms with van der Waals surface area (Å²) in [5, 5.41) is 6.34. The zero-order valence-electron chi connectivity index (χ0n) is 10.8. The first-order valence-corrected chi connectivity index (χ1v) is 5.45. The first kappa shape index (κ1) is 13.4. The van der Waals surface area contributed by atoms with Crippen molar-refractivity contribution in [3.05, 3.63) is 12.1 Å². The van der Waals surface area contributed by atoms with Crippen LogP contribution in [0.4, 0.5) is 5.69 Å². The minimum atomic E-state index is 0.656. The maximum atomic E-state index is 5.30. The van der Waals surface area contributed by atoms with Crippen LogP contribution in [0.3, 0.4) is 0 Å². The van der Waals surface area contributed by atoms with Crippen molar-refractivity contribution in [1.29, 1.82) is 0 Å². The average Bonchev–Trinajstić information content (AvgIpc) is 2.38. The van der Waals surface area contributed by atoms with Crippen LogP contribution in [0.25, 0.3) is 0 Å². The molecule has 0 fully saturated rings. The number of hydrogen-bond donors (Lipinski definition) is 2. The summed E-state index contributed by atoms with van der Waals surface area (Å²) in [5.41, 5.74) is 0.889. The van der Waals surface area contributed by atoms with E-state index in [-0.39, 0.29) is 0 Å². The third kappa shape index (κ3) is 3.42. The maximum Gasteiger partial charge on any atom is 0.164 e. The standard InChI is InChI=1S/C12H20N2O3/c1-13-5-6-14-9-7-11(16-3)12(17-4)8-10(9)15-2/h7-8,13-14H,5-6H2,1-4H3. The molecule has 0 bridgehead atoms. The Bertz CT molecular complexity index is 356. The third-order valence-electron chi connectivity index (χ3n) is 2.40. The van der Waals surface area contributed by atoms with Crippen molar-refractivity contribution >= 4 is 5.69 Å². The molecule has 1 aromatic rings. The van der Waals surface area contributed by atoms with Crippen LogP contribution in [-0.2, 0) is 0 Å². The summed E-state index contributed by atoms with van der Waals surface area (Å²) in [6.07, 6.45) is 0. The van der Waals surface area contributed by atoms with Crippen molar-refractivity contribution in [2.75, 3.05) is 46.8 Å². The normalized spacial score (nSPS) is 9.88. The predicted octanol–water partition coefficient (Wildman–Crippen LogP) is 1.34. The number of nitrogens with one attached hydrogen (secondary N) is 2. The average molecular weight is 240 g/mol. The Hall–Kier alpha value is -1.62. The fourth-order valence-electron chi connectivity index (χ4n) is 1.49. The number of likely N-dealkylation sites (N-methyl/N-ethyl adjacent to an activating group) is 1. The molecule has 0 spiro atoms. The molecule has 0 atom stereocenters. The molecule has 0 aliphatic rings. The van der Waals surface area contributed by atoms with Gasteiger partial charge in [0, 0.05) is 25.2 Å². The van der Waals surface area contributed by atoms with Crippen LogP contribution < -0.4 is 24.8 Å². The molecule has 0 saturated heterocycles. The van der Waals surface area contributed by atoms with E-state index in [2.05, 4.69) is 10.6 Å². The van der Waals surface area contributed by atoms with E-state index < -0.39 is 0 Å². The van der Waals surface area contributed by atoms with E-state index >= 15 is 0 Å². The van der Waals surface area contributed by atoms with Crippen molar-refractivity contribution in [3.63, 3.8) is 0 Å². The van der Waals surface area contributed by atoms with Crippen LogP contribution in [0.1, 0.15) is 0 Å². The molecular weight excluding hydrogens is 220 g/mol. The number of rotatable bonds is 7. The Morgan fingerprint density at radius 2 is 1.47 bits per heavy atom. The van der Waals surface area contributed by atoms with Crippen LogP contribution in [0.5, 0.6) is 17.2 Å². The van der Waals surface area contributed by atoms with E-state index in [1.807, 2.05) is 13.1 Å². The molecule has 0 heterocycles. The summed E-state index contributed by atoms with van der Waals surface area (Å²) in [6, 6.07) is 3.67. The van der Waals surface area contributed by atoms with E-state index in [4.69, 9.17) is 14.2 Å². The highest BCUT2D eigenvalue weighted by Gasteiger charge is 2.11. The first-order valence-electron chi connectivity index (χ1n) is 5.45. The highest BCUT2D eigenvalue weighted by molar-refractivity contribution is 5.64. The van der Waals surface area contributed by atoms with Crippen molar-refractivity contribution < 1.29 is 14.2 Å². The lowest BCUT2D eigenvalue weighted by Gasteiger charge is -2.15. The highest BCUT2D eigenvalue weighted by Crippen LogP contribution is 2.37. The Labute approximate surface area is 102 Å². The van der Waals surface area contributed by atoms with Crippen molar-refractivity contribution in [3.8, 4) is 17.2 Å². The van der Waals surface area contributed by atoms with E-state index in [1.165, 1.54) is 0 Å². The zero-order chi connectivity index (χ0) is 12.7. The molecule has 0 unspecified atom stereocenters. The summed E-state index contributed by atoms with van der Waals surface area (Å²) in [6.45, 7) is 1.68.